The van der Waals surface area contributed by atoms with Gasteiger partial charge in [0.25, 0.3) is 5.56 Å². The lowest BCUT2D eigenvalue weighted by Gasteiger charge is -2.13. The van der Waals surface area contributed by atoms with Crippen molar-refractivity contribution in [1.82, 2.24) is 15.2 Å². The molecule has 0 saturated carbocycles. The maximum Gasteiger partial charge on any atom is 0.250 e. The van der Waals surface area contributed by atoms with Crippen LogP contribution in [0.5, 0.6) is 0 Å². The first-order valence-electron chi connectivity index (χ1n) is 9.76. The van der Waals surface area contributed by atoms with E-state index >= 15 is 0 Å². The maximum atomic E-state index is 11.8. The summed E-state index contributed by atoms with van der Waals surface area (Å²) in [5, 5.41) is 6.71. The molecule has 2 aromatic rings. The number of hydrogen-bond acceptors (Lipinski definition) is 2. The van der Waals surface area contributed by atoms with Gasteiger partial charge in [0.05, 0.1) is 6.54 Å². The molecular weight excluding hydrogens is 463 g/mol. The third-order valence-corrected chi connectivity index (χ3v) is 4.46. The van der Waals surface area contributed by atoms with Crippen molar-refractivity contribution in [2.24, 2.45) is 10.9 Å². The number of nitrogens with one attached hydrogen (secondary N) is 2. The Morgan fingerprint density at radius 2 is 1.75 bits per heavy atom. The Morgan fingerprint density at radius 1 is 1.04 bits per heavy atom. The average molecular weight is 496 g/mol. The minimum atomic E-state index is 0. The van der Waals surface area contributed by atoms with Gasteiger partial charge < -0.3 is 15.2 Å². The van der Waals surface area contributed by atoms with Crippen LogP contribution in [0.4, 0.5) is 0 Å². The van der Waals surface area contributed by atoms with Gasteiger partial charge in [0.2, 0.25) is 0 Å². The number of aliphatic imine (C=N–C) groups is 1. The first-order valence-corrected chi connectivity index (χ1v) is 9.76. The second kappa shape index (κ2) is 13.4. The van der Waals surface area contributed by atoms with Crippen molar-refractivity contribution in [3.8, 4) is 0 Å². The number of benzene rings is 1. The fourth-order valence-corrected chi connectivity index (χ4v) is 2.84. The van der Waals surface area contributed by atoms with E-state index in [1.54, 1.807) is 23.7 Å². The van der Waals surface area contributed by atoms with E-state index in [2.05, 4.69) is 53.7 Å². The summed E-state index contributed by atoms with van der Waals surface area (Å²) >= 11 is 0. The quantitative estimate of drug-likeness (QED) is 0.239. The molecule has 0 amide bonds. The zero-order chi connectivity index (χ0) is 19.5. The number of nitrogens with zero attached hydrogens (tertiary/aromatic N) is 2. The highest BCUT2D eigenvalue weighted by atomic mass is 127. The van der Waals surface area contributed by atoms with Crippen molar-refractivity contribution in [1.29, 1.82) is 0 Å². The van der Waals surface area contributed by atoms with E-state index in [4.69, 9.17) is 0 Å². The average Bonchev–Trinajstić information content (AvgIpc) is 2.66. The standard InChI is InChI=1S/C22H32N4O.HI/c1-18(2)8-4-6-14-24-22(23-3)25-16-19-10-12-20(13-11-19)17-26-15-7-5-9-21(26)27;/h5,7,9-13,15,18H,4,6,8,14,16-17H2,1-3H3,(H2,23,24,25);1H. The van der Waals surface area contributed by atoms with Crippen molar-refractivity contribution < 1.29 is 0 Å². The predicted molar refractivity (Wildman–Crippen MR) is 129 cm³/mol. The molecule has 5 nitrogen and oxygen atoms in total. The molecule has 154 valence electrons. The van der Waals surface area contributed by atoms with Crippen LogP contribution in [-0.4, -0.2) is 24.1 Å². The smallest absolute Gasteiger partial charge is 0.250 e. The van der Waals surface area contributed by atoms with Gasteiger partial charge in [-0.25, -0.2) is 0 Å². The molecule has 6 heteroatoms. The Hall–Kier alpha value is -1.83. The Balaban J connectivity index is 0.00000392. The Kier molecular flexibility index (Phi) is 11.6. The molecule has 2 N–H and O–H groups in total. The van der Waals surface area contributed by atoms with Gasteiger partial charge in [-0.3, -0.25) is 9.79 Å². The molecule has 0 bridgehead atoms. The summed E-state index contributed by atoms with van der Waals surface area (Å²) in [6.45, 7) is 6.77. The molecule has 0 unspecified atom stereocenters. The molecule has 1 aromatic carbocycles. The van der Waals surface area contributed by atoms with Gasteiger partial charge in [-0.05, 0) is 29.5 Å². The molecule has 0 spiro atoms. The SMILES string of the molecule is CN=C(NCCCCC(C)C)NCc1ccc(Cn2ccccc2=O)cc1.I. The van der Waals surface area contributed by atoms with Gasteiger partial charge in [-0.1, -0.05) is 57.0 Å². The predicted octanol–water partition coefficient (Wildman–Crippen LogP) is 4.01. The van der Waals surface area contributed by atoms with Gasteiger partial charge in [-0.2, -0.15) is 0 Å². The summed E-state index contributed by atoms with van der Waals surface area (Å²) in [6.07, 6.45) is 5.49. The summed E-state index contributed by atoms with van der Waals surface area (Å²) in [4.78, 5) is 16.1. The number of pyridine rings is 1. The van der Waals surface area contributed by atoms with Crippen LogP contribution in [0.15, 0.2) is 58.4 Å². The summed E-state index contributed by atoms with van der Waals surface area (Å²) in [5.41, 5.74) is 2.31. The minimum Gasteiger partial charge on any atom is -0.356 e. The highest BCUT2D eigenvalue weighted by Crippen LogP contribution is 2.06. The van der Waals surface area contributed by atoms with Crippen molar-refractivity contribution in [2.45, 2.75) is 46.2 Å². The summed E-state index contributed by atoms with van der Waals surface area (Å²) in [7, 11) is 1.80. The molecule has 0 aliphatic carbocycles. The normalized spacial score (nSPS) is 11.2. The lowest BCUT2D eigenvalue weighted by Crippen LogP contribution is -2.37. The first kappa shape index (κ1) is 24.2. The topological polar surface area (TPSA) is 58.4 Å². The molecule has 2 rings (SSSR count). The maximum absolute atomic E-state index is 11.8. The van der Waals surface area contributed by atoms with Gasteiger partial charge in [0.15, 0.2) is 5.96 Å². The molecule has 1 aromatic heterocycles. The highest BCUT2D eigenvalue weighted by Gasteiger charge is 2.01. The zero-order valence-corrected chi connectivity index (χ0v) is 19.5. The van der Waals surface area contributed by atoms with Crippen LogP contribution < -0.4 is 16.2 Å². The highest BCUT2D eigenvalue weighted by molar-refractivity contribution is 14.0. The Morgan fingerprint density at radius 3 is 2.39 bits per heavy atom. The van der Waals surface area contributed by atoms with E-state index in [-0.39, 0.29) is 29.5 Å². The van der Waals surface area contributed by atoms with Crippen LogP contribution in [0.25, 0.3) is 0 Å². The van der Waals surface area contributed by atoms with Crippen LogP contribution in [-0.2, 0) is 13.1 Å². The summed E-state index contributed by atoms with van der Waals surface area (Å²) in [5.74, 6) is 1.60. The van der Waals surface area contributed by atoms with Gasteiger partial charge in [0.1, 0.15) is 0 Å². The minimum absolute atomic E-state index is 0. The van der Waals surface area contributed by atoms with E-state index in [0.29, 0.717) is 6.54 Å². The van der Waals surface area contributed by atoms with Crippen LogP contribution in [0.1, 0.15) is 44.2 Å². The molecule has 0 fully saturated rings. The lowest BCUT2D eigenvalue weighted by atomic mass is 10.1. The van der Waals surface area contributed by atoms with Gasteiger partial charge in [-0.15, -0.1) is 24.0 Å². The van der Waals surface area contributed by atoms with Crippen molar-refractivity contribution in [3.05, 3.63) is 70.1 Å². The summed E-state index contributed by atoms with van der Waals surface area (Å²) < 4.78 is 1.71. The largest absolute Gasteiger partial charge is 0.356 e. The van der Waals surface area contributed by atoms with Crippen molar-refractivity contribution in [2.75, 3.05) is 13.6 Å². The molecule has 0 saturated heterocycles. The fourth-order valence-electron chi connectivity index (χ4n) is 2.84. The van der Waals surface area contributed by atoms with E-state index in [9.17, 15) is 4.79 Å². The molecule has 28 heavy (non-hydrogen) atoms. The number of hydrogen-bond donors (Lipinski definition) is 2. The zero-order valence-electron chi connectivity index (χ0n) is 17.1. The molecule has 1 heterocycles. The number of unbranched alkanes of at least 4 members (excludes halogenated alkanes) is 1. The number of halogens is 1. The van der Waals surface area contributed by atoms with Crippen LogP contribution in [0.3, 0.4) is 0 Å². The molecule has 0 aliphatic rings. The molecule has 0 atom stereocenters. The molecule has 0 aliphatic heterocycles. The van der Waals surface area contributed by atoms with Gasteiger partial charge >= 0.3 is 0 Å². The third kappa shape index (κ3) is 8.91. The second-order valence-corrected chi connectivity index (χ2v) is 7.23. The van der Waals surface area contributed by atoms with Crippen LogP contribution in [0.2, 0.25) is 0 Å². The second-order valence-electron chi connectivity index (χ2n) is 7.23. The lowest BCUT2D eigenvalue weighted by molar-refractivity contribution is 0.534. The number of rotatable bonds is 9. The van der Waals surface area contributed by atoms with Gasteiger partial charge in [0, 0.05) is 32.4 Å². The fraction of sp³-hybridized carbons (Fsp3) is 0.455. The van der Waals surface area contributed by atoms with Crippen LogP contribution >= 0.6 is 24.0 Å². The summed E-state index contributed by atoms with van der Waals surface area (Å²) in [6, 6.07) is 13.5. The third-order valence-electron chi connectivity index (χ3n) is 4.46. The van der Waals surface area contributed by atoms with E-state index < -0.39 is 0 Å². The monoisotopic (exact) mass is 496 g/mol. The van der Waals surface area contributed by atoms with E-state index in [0.717, 1.165) is 37.0 Å². The van der Waals surface area contributed by atoms with Crippen molar-refractivity contribution >= 4 is 29.9 Å². The molecule has 0 radical (unpaired) electrons. The van der Waals surface area contributed by atoms with Crippen molar-refractivity contribution in [3.63, 3.8) is 0 Å². The van der Waals surface area contributed by atoms with E-state index in [1.165, 1.54) is 18.4 Å². The Bertz CT molecular complexity index is 769. The number of guanidine groups is 1. The van der Waals surface area contributed by atoms with Crippen LogP contribution in [0, 0.1) is 5.92 Å². The first-order chi connectivity index (χ1) is 13.1. The molecular formula is C22H33IN4O. The number of aromatic nitrogens is 1. The Labute approximate surface area is 185 Å². The van der Waals surface area contributed by atoms with E-state index in [1.807, 2.05) is 12.3 Å².